The third kappa shape index (κ3) is 6.24. The Hall–Kier alpha value is -4.08. The molecule has 38 heavy (non-hydrogen) atoms. The second-order valence-corrected chi connectivity index (χ2v) is 10.2. The first-order chi connectivity index (χ1) is 18.4. The van der Waals surface area contributed by atoms with Crippen molar-refractivity contribution in [2.75, 3.05) is 5.32 Å². The van der Waals surface area contributed by atoms with Gasteiger partial charge >= 0.3 is 0 Å². The minimum atomic E-state index is -0.637. The van der Waals surface area contributed by atoms with Crippen molar-refractivity contribution < 1.29 is 18.4 Å². The maximum Gasteiger partial charge on any atom is 0.243 e. The molecule has 1 aliphatic rings. The summed E-state index contributed by atoms with van der Waals surface area (Å²) < 4.78 is 11.3. The summed E-state index contributed by atoms with van der Waals surface area (Å²) in [6, 6.07) is 21.9. The van der Waals surface area contributed by atoms with Gasteiger partial charge in [0.15, 0.2) is 5.17 Å². The highest BCUT2D eigenvalue weighted by Gasteiger charge is 2.39. The molecule has 1 fully saturated rings. The lowest BCUT2D eigenvalue weighted by Gasteiger charge is -2.14. The van der Waals surface area contributed by atoms with Crippen molar-refractivity contribution in [3.05, 3.63) is 101 Å². The van der Waals surface area contributed by atoms with Crippen molar-refractivity contribution in [2.24, 2.45) is 10.2 Å². The van der Waals surface area contributed by atoms with Gasteiger partial charge in [-0.15, -0.1) is 5.10 Å². The van der Waals surface area contributed by atoms with Crippen molar-refractivity contribution >= 4 is 52.2 Å². The van der Waals surface area contributed by atoms with Crippen LogP contribution in [0.4, 0.5) is 5.69 Å². The number of nitrogens with zero attached hydrogens (tertiary/aromatic N) is 3. The molecule has 0 saturated carbocycles. The summed E-state index contributed by atoms with van der Waals surface area (Å²) in [5, 5.41) is 11.6. The number of furan rings is 2. The van der Waals surface area contributed by atoms with Gasteiger partial charge in [0.05, 0.1) is 19.0 Å². The van der Waals surface area contributed by atoms with E-state index in [1.807, 2.05) is 55.5 Å². The minimum absolute atomic E-state index is 0.00402. The highest BCUT2D eigenvalue weighted by Crippen LogP contribution is 2.31. The Balaban J connectivity index is 1.30. The number of hydrogen-bond donors (Lipinski definition) is 1. The van der Waals surface area contributed by atoms with Gasteiger partial charge < -0.3 is 14.2 Å². The molecule has 2 aromatic heterocycles. The topological polar surface area (TPSA) is 100 Å². The molecule has 1 unspecified atom stereocenters. The minimum Gasteiger partial charge on any atom is -0.467 e. The summed E-state index contributed by atoms with van der Waals surface area (Å²) >= 11 is 7.27. The first-order valence-corrected chi connectivity index (χ1v) is 13.0. The SMILES string of the molecule is Cc1ccc(NC(=O)CC2S/C(=N\N=C\c3ccc(-c4cccc(Cl)c4)o3)N(Cc3ccco3)C2=O)cc1. The van der Waals surface area contributed by atoms with Crippen LogP contribution < -0.4 is 5.32 Å². The van der Waals surface area contributed by atoms with E-state index in [9.17, 15) is 9.59 Å². The molecule has 2 aromatic carbocycles. The van der Waals surface area contributed by atoms with Crippen LogP contribution in [-0.4, -0.2) is 33.3 Å². The molecular weight excluding hydrogens is 524 g/mol. The largest absolute Gasteiger partial charge is 0.467 e. The van der Waals surface area contributed by atoms with Gasteiger partial charge in [-0.3, -0.25) is 14.5 Å². The Kier molecular flexibility index (Phi) is 7.76. The van der Waals surface area contributed by atoms with Gasteiger partial charge in [0.25, 0.3) is 0 Å². The van der Waals surface area contributed by atoms with Crippen LogP contribution >= 0.6 is 23.4 Å². The Morgan fingerprint density at radius 1 is 1.13 bits per heavy atom. The number of hydrogen-bond acceptors (Lipinski definition) is 7. The lowest BCUT2D eigenvalue weighted by atomic mass is 10.2. The first-order valence-electron chi connectivity index (χ1n) is 11.8. The smallest absolute Gasteiger partial charge is 0.243 e. The number of benzene rings is 2. The molecular formula is C28H23ClN4O4S. The Morgan fingerprint density at radius 2 is 1.97 bits per heavy atom. The zero-order valence-electron chi connectivity index (χ0n) is 20.3. The van der Waals surface area contributed by atoms with Crippen molar-refractivity contribution in [1.82, 2.24) is 4.90 Å². The van der Waals surface area contributed by atoms with Crippen LogP contribution in [0.2, 0.25) is 5.02 Å². The van der Waals surface area contributed by atoms with Crippen LogP contribution in [0.5, 0.6) is 0 Å². The van der Waals surface area contributed by atoms with E-state index >= 15 is 0 Å². The zero-order chi connectivity index (χ0) is 26.5. The number of halogens is 1. The Labute approximate surface area is 228 Å². The van der Waals surface area contributed by atoms with Gasteiger partial charge in [0.2, 0.25) is 11.8 Å². The maximum atomic E-state index is 13.2. The molecule has 2 amide bonds. The Bertz CT molecular complexity index is 1500. The molecule has 4 aromatic rings. The van der Waals surface area contributed by atoms with Gasteiger partial charge in [0, 0.05) is 22.7 Å². The first kappa shape index (κ1) is 25.6. The number of thioether (sulfide) groups is 1. The average molecular weight is 547 g/mol. The molecule has 0 spiro atoms. The molecule has 1 N–H and O–H groups in total. The molecule has 8 nitrogen and oxygen atoms in total. The molecule has 1 atom stereocenters. The summed E-state index contributed by atoms with van der Waals surface area (Å²) in [6.45, 7) is 2.16. The van der Waals surface area contributed by atoms with Gasteiger partial charge in [0.1, 0.15) is 22.5 Å². The van der Waals surface area contributed by atoms with Gasteiger partial charge in [-0.1, -0.05) is 53.2 Å². The summed E-state index contributed by atoms with van der Waals surface area (Å²) in [4.78, 5) is 27.4. The van der Waals surface area contributed by atoms with E-state index in [-0.39, 0.29) is 24.8 Å². The molecule has 1 saturated heterocycles. The molecule has 10 heteroatoms. The Morgan fingerprint density at radius 3 is 2.74 bits per heavy atom. The van der Waals surface area contributed by atoms with Crippen molar-refractivity contribution in [3.8, 4) is 11.3 Å². The van der Waals surface area contributed by atoms with Crippen molar-refractivity contribution in [3.63, 3.8) is 0 Å². The number of rotatable bonds is 8. The van der Waals surface area contributed by atoms with E-state index in [1.54, 1.807) is 30.5 Å². The molecule has 5 rings (SSSR count). The van der Waals surface area contributed by atoms with Crippen molar-refractivity contribution in [2.45, 2.75) is 25.1 Å². The number of carbonyl (C=O) groups is 2. The average Bonchev–Trinajstić information content (AvgIpc) is 3.65. The van der Waals surface area contributed by atoms with Crippen LogP contribution in [0.1, 0.15) is 23.5 Å². The number of carbonyl (C=O) groups excluding carboxylic acids is 2. The lowest BCUT2D eigenvalue weighted by molar-refractivity contribution is -0.128. The van der Waals surface area contributed by atoms with Crippen LogP contribution in [0, 0.1) is 6.92 Å². The highest BCUT2D eigenvalue weighted by molar-refractivity contribution is 8.15. The second kappa shape index (κ2) is 11.5. The summed E-state index contributed by atoms with van der Waals surface area (Å²) in [5.74, 6) is 1.24. The molecule has 192 valence electrons. The van der Waals surface area contributed by atoms with Gasteiger partial charge in [-0.05, 0) is 55.5 Å². The van der Waals surface area contributed by atoms with E-state index < -0.39 is 5.25 Å². The molecule has 0 bridgehead atoms. The van der Waals surface area contributed by atoms with Crippen molar-refractivity contribution in [1.29, 1.82) is 0 Å². The molecule has 0 aliphatic carbocycles. The number of nitrogens with one attached hydrogen (secondary N) is 1. The monoisotopic (exact) mass is 546 g/mol. The third-order valence-corrected chi connectivity index (χ3v) is 7.09. The number of anilines is 1. The fourth-order valence-corrected chi connectivity index (χ4v) is 5.07. The number of amides is 2. The second-order valence-electron chi connectivity index (χ2n) is 8.57. The van der Waals surface area contributed by atoms with E-state index in [1.165, 1.54) is 22.9 Å². The number of amidine groups is 1. The molecule has 1 aliphatic heterocycles. The van der Waals surface area contributed by atoms with E-state index in [2.05, 4.69) is 15.5 Å². The van der Waals surface area contributed by atoms with Gasteiger partial charge in [-0.2, -0.15) is 5.10 Å². The van der Waals surface area contributed by atoms with Crippen LogP contribution in [0.15, 0.2) is 98.1 Å². The summed E-state index contributed by atoms with van der Waals surface area (Å²) in [6.07, 6.45) is 3.00. The van der Waals surface area contributed by atoms with Crippen LogP contribution in [0.3, 0.4) is 0 Å². The van der Waals surface area contributed by atoms with Gasteiger partial charge in [-0.25, -0.2) is 0 Å². The lowest BCUT2D eigenvalue weighted by Crippen LogP contribution is -2.33. The zero-order valence-corrected chi connectivity index (χ0v) is 21.9. The van der Waals surface area contributed by atoms with Crippen LogP contribution in [-0.2, 0) is 16.1 Å². The molecule has 3 heterocycles. The van der Waals surface area contributed by atoms with E-state index in [0.717, 1.165) is 11.1 Å². The predicted octanol–water partition coefficient (Wildman–Crippen LogP) is 6.36. The number of aryl methyl sites for hydroxylation is 1. The van der Waals surface area contributed by atoms with Crippen LogP contribution in [0.25, 0.3) is 11.3 Å². The predicted molar refractivity (Wildman–Crippen MR) is 149 cm³/mol. The molecule has 0 radical (unpaired) electrons. The standard InChI is InChI=1S/C28H23ClN4O4S/c1-18-7-9-21(10-8-18)31-26(34)15-25-27(35)33(17-23-6-3-13-36-23)28(38-25)32-30-16-22-11-12-24(37-22)19-4-2-5-20(29)14-19/h2-14,16,25H,15,17H2,1H3,(H,31,34)/b30-16+,32-28-. The fourth-order valence-electron chi connectivity index (χ4n) is 3.79. The van der Waals surface area contributed by atoms with E-state index in [4.69, 9.17) is 20.4 Å². The quantitative estimate of drug-likeness (QED) is 0.204. The highest BCUT2D eigenvalue weighted by atomic mass is 35.5. The summed E-state index contributed by atoms with van der Waals surface area (Å²) in [5.41, 5.74) is 2.61. The summed E-state index contributed by atoms with van der Waals surface area (Å²) in [7, 11) is 0. The normalized spacial score (nSPS) is 16.6. The van der Waals surface area contributed by atoms with E-state index in [0.29, 0.717) is 33.2 Å². The maximum absolute atomic E-state index is 13.2. The fraction of sp³-hybridized carbons (Fsp3) is 0.143. The third-order valence-electron chi connectivity index (χ3n) is 5.68.